The quantitative estimate of drug-likeness (QED) is 0.0993. The van der Waals surface area contributed by atoms with Crippen molar-refractivity contribution in [3.05, 3.63) is 393 Å². The van der Waals surface area contributed by atoms with Gasteiger partial charge in [0.15, 0.2) is 0 Å². The van der Waals surface area contributed by atoms with Gasteiger partial charge in [-0.3, -0.25) is 4.70 Å². The molecule has 10 nitrogen and oxygen atoms in total. The molecule has 1 saturated heterocycles. The normalized spacial score (nSPS) is 13.3. The largest absolute Gasteiger partial charge is 0.494 e. The standard InChI is InChI=1S/C48H32N2O2S.C30H22BrNO2S.C24H22BNO2.FH/c51-53(52,40-27-20-34(21-28-40)33-18-25-39(26-19-33)49(37-10-3-1-4-11-37)38-12-5-2-6-13-38)41-29-22-35(23-30-41)36-24-31-47-45(32-36)44-16-9-15-43-42-14-7-8-17-46(42)50(47)48(43)44;31-25-15-21-30(22-16-25)35(33,34)29-19-13-24(14-20-29)23-11-17-28(18-12-23)32(26-7-3-1-4-8-26)27-9-5-2-6-10-27;1-23(2)24(3,4)28-25(27-23)15-12-13-21-19(14-15)18-10-7-9-17-16-8-5-6-11-20(16)26(21)22(17)18;/h1-32H;1-22H;5-14H,1-4H3;1H. The van der Waals surface area contributed by atoms with Gasteiger partial charge in [0.05, 0.1) is 63.9 Å². The predicted molar refractivity (Wildman–Crippen MR) is 484 cm³/mol. The van der Waals surface area contributed by atoms with E-state index in [0.717, 1.165) is 77.4 Å². The van der Waals surface area contributed by atoms with Crippen LogP contribution in [0.1, 0.15) is 27.7 Å². The average molecular weight is 1630 g/mol. The van der Waals surface area contributed by atoms with E-state index in [1.807, 2.05) is 109 Å². The van der Waals surface area contributed by atoms with E-state index in [2.05, 4.69) is 281 Å². The molecule has 0 saturated carbocycles. The molecule has 0 unspecified atom stereocenters. The number of hydrogen-bond acceptors (Lipinski definition) is 8. The highest BCUT2D eigenvalue weighted by molar-refractivity contribution is 9.10. The third-order valence-electron chi connectivity index (χ3n) is 22.9. The van der Waals surface area contributed by atoms with E-state index < -0.39 is 19.7 Å². The summed E-state index contributed by atoms with van der Waals surface area (Å²) in [6.45, 7) is 8.38. The van der Waals surface area contributed by atoms with E-state index >= 15 is 0 Å². The van der Waals surface area contributed by atoms with Crippen molar-refractivity contribution >= 4 is 158 Å². The second-order valence-electron chi connectivity index (χ2n) is 30.3. The Kier molecular flexibility index (Phi) is 19.5. The van der Waals surface area contributed by atoms with Crippen molar-refractivity contribution in [1.82, 2.24) is 8.80 Å². The van der Waals surface area contributed by atoms with E-state index in [1.165, 1.54) is 76.2 Å². The molecule has 15 heteroatoms. The first-order chi connectivity index (χ1) is 56.4. The van der Waals surface area contributed by atoms with Gasteiger partial charge in [-0.05, 0) is 230 Å². The van der Waals surface area contributed by atoms with Crippen LogP contribution in [-0.4, -0.2) is 44.0 Å². The number of anilines is 6. The van der Waals surface area contributed by atoms with Gasteiger partial charge >= 0.3 is 7.12 Å². The number of aromatic nitrogens is 2. The zero-order chi connectivity index (χ0) is 79.0. The monoisotopic (exact) mass is 1630 g/mol. The number of fused-ring (bicyclic) bond motifs is 12. The van der Waals surface area contributed by atoms with Crippen LogP contribution < -0.4 is 15.3 Å². The molecule has 0 bridgehead atoms. The molecule has 21 rings (SSSR count). The summed E-state index contributed by atoms with van der Waals surface area (Å²) in [4.78, 5) is 5.52. The maximum absolute atomic E-state index is 13.8. The summed E-state index contributed by atoms with van der Waals surface area (Å²) >= 11 is 3.35. The zero-order valence-electron chi connectivity index (χ0n) is 64.4. The highest BCUT2D eigenvalue weighted by Crippen LogP contribution is 2.45. The lowest BCUT2D eigenvalue weighted by Crippen LogP contribution is -2.41. The second kappa shape index (κ2) is 30.3. The molecule has 0 N–H and O–H groups in total. The molecule has 0 radical (unpaired) electrons. The minimum atomic E-state index is -3.71. The van der Waals surface area contributed by atoms with Crippen LogP contribution in [0.25, 0.3) is 110 Å². The Hall–Kier alpha value is -13.0. The van der Waals surface area contributed by atoms with E-state index in [1.54, 1.807) is 60.7 Å². The Labute approximate surface area is 687 Å². The van der Waals surface area contributed by atoms with Crippen molar-refractivity contribution in [3.8, 4) is 33.4 Å². The minimum Gasteiger partial charge on any atom is -0.399 e. The Morgan fingerprint density at radius 2 is 0.538 bits per heavy atom. The van der Waals surface area contributed by atoms with Crippen LogP contribution in [0.15, 0.2) is 412 Å². The molecule has 0 atom stereocenters. The van der Waals surface area contributed by atoms with Gasteiger partial charge in [-0.1, -0.05) is 240 Å². The van der Waals surface area contributed by atoms with Crippen LogP contribution in [-0.2, 0) is 29.0 Å². The highest BCUT2D eigenvalue weighted by Gasteiger charge is 2.52. The number of sulfone groups is 2. The van der Waals surface area contributed by atoms with Crippen molar-refractivity contribution in [2.45, 2.75) is 58.5 Å². The molecule has 570 valence electrons. The fourth-order valence-corrected chi connectivity index (χ4v) is 19.1. The molecule has 16 aromatic carbocycles. The zero-order valence-corrected chi connectivity index (χ0v) is 67.6. The van der Waals surface area contributed by atoms with Gasteiger partial charge in [-0.2, -0.15) is 0 Å². The number of rotatable bonds is 14. The van der Waals surface area contributed by atoms with Crippen LogP contribution in [0.4, 0.5) is 38.8 Å². The highest BCUT2D eigenvalue weighted by atomic mass is 79.9. The Bertz CT molecular complexity index is 7180. The van der Waals surface area contributed by atoms with Crippen LogP contribution in [0.5, 0.6) is 0 Å². The second-order valence-corrected chi connectivity index (χ2v) is 35.2. The SMILES string of the molecule is CC1(C)OB(c2ccc3c(c2)c2cccc4c5ccccc5n3c42)OC1(C)C.F.O=S(=O)(c1ccc(-c2ccc(N(c3ccccc3)c3ccccc3)cc2)cc1)c1ccc(-c2ccc3c(c2)c2cccc4c5ccccc5n3c42)cc1.O=S(=O)(c1ccc(Br)cc1)c1ccc(-c2ccc(N(c3ccccc3)c3ccccc3)cc2)cc1. The molecule has 4 aromatic heterocycles. The van der Waals surface area contributed by atoms with E-state index in [4.69, 9.17) is 9.31 Å². The van der Waals surface area contributed by atoms with Crippen LogP contribution in [0, 0.1) is 0 Å². The van der Waals surface area contributed by atoms with Gasteiger partial charge in [0.1, 0.15) is 0 Å². The molecule has 1 fully saturated rings. The number of halogens is 2. The topological polar surface area (TPSA) is 102 Å². The van der Waals surface area contributed by atoms with Gasteiger partial charge in [-0.15, -0.1) is 0 Å². The molecular weight excluding hydrogens is 1550 g/mol. The van der Waals surface area contributed by atoms with Gasteiger partial charge in [0.2, 0.25) is 19.7 Å². The molecule has 20 aromatic rings. The molecule has 1 aliphatic heterocycles. The minimum absolute atomic E-state index is 0. The summed E-state index contributed by atoms with van der Waals surface area (Å²) in [6.07, 6.45) is 0. The lowest BCUT2D eigenvalue weighted by atomic mass is 9.78. The Balaban J connectivity index is 0.000000128. The summed E-state index contributed by atoms with van der Waals surface area (Å²) in [5.74, 6) is 0. The summed E-state index contributed by atoms with van der Waals surface area (Å²) in [6, 6.07) is 129. The lowest BCUT2D eigenvalue weighted by Gasteiger charge is -2.32. The van der Waals surface area contributed by atoms with E-state index in [-0.39, 0.29) is 42.6 Å². The van der Waals surface area contributed by atoms with Crippen LogP contribution >= 0.6 is 15.9 Å². The first-order valence-corrected chi connectivity index (χ1v) is 42.5. The van der Waals surface area contributed by atoms with E-state index in [9.17, 15) is 16.8 Å². The molecule has 1 aliphatic rings. The fraction of sp³-hybridized carbons (Fsp3) is 0.0588. The lowest BCUT2D eigenvalue weighted by molar-refractivity contribution is 0.00578. The molecular formula is C102H77BBrFN4O6S2. The van der Waals surface area contributed by atoms with Crippen molar-refractivity contribution < 1.29 is 30.8 Å². The van der Waals surface area contributed by atoms with Crippen molar-refractivity contribution in [3.63, 3.8) is 0 Å². The van der Waals surface area contributed by atoms with Gasteiger partial charge in [-0.25, -0.2) is 16.8 Å². The summed E-state index contributed by atoms with van der Waals surface area (Å²) in [5.41, 5.74) is 20.1. The summed E-state index contributed by atoms with van der Waals surface area (Å²) in [5, 5.41) is 10.1. The van der Waals surface area contributed by atoms with Crippen LogP contribution in [0.3, 0.4) is 0 Å². The maximum Gasteiger partial charge on any atom is 0.494 e. The van der Waals surface area contributed by atoms with Gasteiger partial charge in [0.25, 0.3) is 0 Å². The fourth-order valence-electron chi connectivity index (χ4n) is 16.4. The first kappa shape index (κ1) is 75.4. The van der Waals surface area contributed by atoms with Crippen molar-refractivity contribution in [2.75, 3.05) is 9.80 Å². The molecule has 5 heterocycles. The maximum atomic E-state index is 13.8. The van der Waals surface area contributed by atoms with Gasteiger partial charge in [0, 0.05) is 81.7 Å². The summed E-state index contributed by atoms with van der Waals surface area (Å²) < 4.78 is 71.6. The number of para-hydroxylation sites is 8. The molecule has 0 spiro atoms. The summed E-state index contributed by atoms with van der Waals surface area (Å²) in [7, 11) is -7.61. The Morgan fingerprint density at radius 3 is 0.906 bits per heavy atom. The van der Waals surface area contributed by atoms with E-state index in [0.29, 0.717) is 0 Å². The molecule has 0 amide bonds. The van der Waals surface area contributed by atoms with Gasteiger partial charge < -0.3 is 27.9 Å². The third kappa shape index (κ3) is 13.6. The number of hydrogen-bond donors (Lipinski definition) is 0. The Morgan fingerprint density at radius 1 is 0.274 bits per heavy atom. The van der Waals surface area contributed by atoms with Crippen molar-refractivity contribution in [2.24, 2.45) is 0 Å². The third-order valence-corrected chi connectivity index (χ3v) is 27.0. The first-order valence-electron chi connectivity index (χ1n) is 38.7. The predicted octanol–water partition coefficient (Wildman–Crippen LogP) is 26.2. The van der Waals surface area contributed by atoms with Crippen LogP contribution in [0.2, 0.25) is 0 Å². The molecule has 117 heavy (non-hydrogen) atoms. The average Bonchev–Trinajstić information content (AvgIpc) is 1.55. The number of benzene rings is 16. The number of nitrogens with zero attached hydrogens (tertiary/aromatic N) is 4. The molecule has 0 aliphatic carbocycles. The van der Waals surface area contributed by atoms with Crippen molar-refractivity contribution in [1.29, 1.82) is 0 Å². The smallest absolute Gasteiger partial charge is 0.399 e.